The Morgan fingerprint density at radius 3 is 2.88 bits per heavy atom. The molecule has 4 rings (SSSR count). The van der Waals surface area contributed by atoms with E-state index in [1.807, 2.05) is 19.3 Å². The quantitative estimate of drug-likeness (QED) is 0.735. The number of hydrogen-bond acceptors (Lipinski definition) is 5. The van der Waals surface area contributed by atoms with Crippen LogP contribution in [-0.4, -0.2) is 39.5 Å². The highest BCUT2D eigenvalue weighted by Crippen LogP contribution is 2.27. The van der Waals surface area contributed by atoms with Gasteiger partial charge >= 0.3 is 0 Å². The van der Waals surface area contributed by atoms with E-state index in [4.69, 9.17) is 4.52 Å². The number of likely N-dealkylation sites (N-methyl/N-ethyl adjacent to an activating group) is 1. The minimum atomic E-state index is 0.421. The summed E-state index contributed by atoms with van der Waals surface area (Å²) in [7, 11) is 4.06. The number of nitrogens with zero attached hydrogens (tertiary/aromatic N) is 5. The second-order valence-electron chi connectivity index (χ2n) is 6.84. The van der Waals surface area contributed by atoms with Crippen LogP contribution in [0, 0.1) is 0 Å². The molecule has 2 aromatic heterocycles. The summed E-state index contributed by atoms with van der Waals surface area (Å²) in [5, 5.41) is 8.40. The molecule has 0 saturated heterocycles. The van der Waals surface area contributed by atoms with Gasteiger partial charge in [0.25, 0.3) is 0 Å². The van der Waals surface area contributed by atoms with Crippen LogP contribution < -0.4 is 4.90 Å². The van der Waals surface area contributed by atoms with E-state index in [2.05, 4.69) is 58.3 Å². The zero-order chi connectivity index (χ0) is 17.4. The third-order valence-corrected chi connectivity index (χ3v) is 4.86. The topological polar surface area (TPSA) is 50.3 Å². The minimum absolute atomic E-state index is 0.421. The molecule has 0 fully saturated rings. The number of aromatic nitrogens is 3. The molecule has 0 bridgehead atoms. The molecule has 0 amide bonds. The van der Waals surface area contributed by atoms with Crippen LogP contribution in [0.4, 0.5) is 5.69 Å². The summed E-state index contributed by atoms with van der Waals surface area (Å²) in [6.45, 7) is 4.91. The Hall–Kier alpha value is -2.60. The van der Waals surface area contributed by atoms with Crippen molar-refractivity contribution in [1.29, 1.82) is 0 Å². The molecule has 3 heterocycles. The fraction of sp³-hybridized carbons (Fsp3) is 0.368. The van der Waals surface area contributed by atoms with Crippen LogP contribution in [0.15, 0.2) is 47.2 Å². The molecule has 0 spiro atoms. The maximum absolute atomic E-state index is 5.59. The number of para-hydroxylation sites is 1. The molecule has 0 saturated carbocycles. The van der Waals surface area contributed by atoms with E-state index in [0.717, 1.165) is 36.7 Å². The SMILES string of the molecule is C[C@@H]1CN(C)c2ccccc2CN1Cc1cc(-c2cnn(C)c2)no1. The second kappa shape index (κ2) is 6.37. The predicted molar refractivity (Wildman–Crippen MR) is 97.1 cm³/mol. The fourth-order valence-corrected chi connectivity index (χ4v) is 3.49. The van der Waals surface area contributed by atoms with Gasteiger partial charge in [-0.05, 0) is 18.6 Å². The molecular weight excluding hydrogens is 314 g/mol. The smallest absolute Gasteiger partial charge is 0.151 e. The van der Waals surface area contributed by atoms with Gasteiger partial charge in [-0.1, -0.05) is 23.4 Å². The van der Waals surface area contributed by atoms with Gasteiger partial charge in [0.15, 0.2) is 5.76 Å². The number of hydrogen-bond donors (Lipinski definition) is 0. The van der Waals surface area contributed by atoms with Crippen LogP contribution in [0.25, 0.3) is 11.3 Å². The van der Waals surface area contributed by atoms with E-state index in [0.29, 0.717) is 6.04 Å². The summed E-state index contributed by atoms with van der Waals surface area (Å²) >= 11 is 0. The van der Waals surface area contributed by atoms with E-state index >= 15 is 0 Å². The third-order valence-electron chi connectivity index (χ3n) is 4.86. The van der Waals surface area contributed by atoms with Gasteiger partial charge in [-0.25, -0.2) is 0 Å². The summed E-state index contributed by atoms with van der Waals surface area (Å²) in [5.74, 6) is 0.882. The van der Waals surface area contributed by atoms with E-state index < -0.39 is 0 Å². The first-order valence-corrected chi connectivity index (χ1v) is 8.58. The van der Waals surface area contributed by atoms with Crippen LogP contribution in [0.5, 0.6) is 0 Å². The lowest BCUT2D eigenvalue weighted by Gasteiger charge is -2.27. The summed E-state index contributed by atoms with van der Waals surface area (Å²) in [6.07, 6.45) is 3.75. The van der Waals surface area contributed by atoms with Gasteiger partial charge in [-0.15, -0.1) is 0 Å². The Morgan fingerprint density at radius 2 is 2.08 bits per heavy atom. The summed E-state index contributed by atoms with van der Waals surface area (Å²) in [5.41, 5.74) is 4.47. The second-order valence-corrected chi connectivity index (χ2v) is 6.84. The lowest BCUT2D eigenvalue weighted by molar-refractivity contribution is 0.177. The fourth-order valence-electron chi connectivity index (χ4n) is 3.49. The highest BCUT2D eigenvalue weighted by molar-refractivity contribution is 5.56. The first-order valence-electron chi connectivity index (χ1n) is 8.58. The largest absolute Gasteiger partial charge is 0.373 e. The van der Waals surface area contributed by atoms with Crippen molar-refractivity contribution in [2.75, 3.05) is 18.5 Å². The van der Waals surface area contributed by atoms with Gasteiger partial charge in [0.2, 0.25) is 0 Å². The number of aryl methyl sites for hydroxylation is 1. The molecule has 130 valence electrons. The van der Waals surface area contributed by atoms with Crippen LogP contribution in [0.1, 0.15) is 18.2 Å². The lowest BCUT2D eigenvalue weighted by atomic mass is 10.1. The summed E-state index contributed by atoms with van der Waals surface area (Å²) in [6, 6.07) is 11.1. The summed E-state index contributed by atoms with van der Waals surface area (Å²) < 4.78 is 7.36. The molecule has 6 nitrogen and oxygen atoms in total. The third kappa shape index (κ3) is 3.17. The maximum atomic E-state index is 5.59. The van der Waals surface area contributed by atoms with Crippen LogP contribution in [-0.2, 0) is 20.1 Å². The molecule has 0 unspecified atom stereocenters. The van der Waals surface area contributed by atoms with Crippen molar-refractivity contribution < 1.29 is 4.52 Å². The van der Waals surface area contributed by atoms with Crippen molar-refractivity contribution in [3.63, 3.8) is 0 Å². The Bertz CT molecular complexity index is 868. The predicted octanol–water partition coefficient (Wildman–Crippen LogP) is 2.92. The molecule has 0 radical (unpaired) electrons. The van der Waals surface area contributed by atoms with E-state index in [9.17, 15) is 0 Å². The van der Waals surface area contributed by atoms with Crippen molar-refractivity contribution >= 4 is 5.69 Å². The average Bonchev–Trinajstić information content (AvgIpc) is 3.20. The van der Waals surface area contributed by atoms with Crippen molar-refractivity contribution in [3.05, 3.63) is 54.0 Å². The molecular formula is C19H23N5O. The highest BCUT2D eigenvalue weighted by atomic mass is 16.5. The minimum Gasteiger partial charge on any atom is -0.373 e. The van der Waals surface area contributed by atoms with Crippen LogP contribution in [0.2, 0.25) is 0 Å². The zero-order valence-electron chi connectivity index (χ0n) is 14.9. The normalized spacial score (nSPS) is 18.2. The molecule has 1 aliphatic heterocycles. The number of anilines is 1. The van der Waals surface area contributed by atoms with Gasteiger partial charge < -0.3 is 9.42 Å². The molecule has 25 heavy (non-hydrogen) atoms. The van der Waals surface area contributed by atoms with Crippen molar-refractivity contribution in [3.8, 4) is 11.3 Å². The Balaban J connectivity index is 1.55. The monoisotopic (exact) mass is 337 g/mol. The van der Waals surface area contributed by atoms with E-state index in [-0.39, 0.29) is 0 Å². The van der Waals surface area contributed by atoms with Gasteiger partial charge in [-0.2, -0.15) is 5.10 Å². The number of benzene rings is 1. The van der Waals surface area contributed by atoms with Crippen molar-refractivity contribution in [1.82, 2.24) is 19.8 Å². The van der Waals surface area contributed by atoms with Gasteiger partial charge in [0, 0.05) is 56.7 Å². The van der Waals surface area contributed by atoms with Gasteiger partial charge in [0.1, 0.15) is 5.69 Å². The molecule has 1 aromatic carbocycles. The Labute approximate surface area is 147 Å². The summed E-state index contributed by atoms with van der Waals surface area (Å²) in [4.78, 5) is 4.78. The molecule has 0 N–H and O–H groups in total. The molecule has 6 heteroatoms. The van der Waals surface area contributed by atoms with Crippen molar-refractivity contribution in [2.24, 2.45) is 7.05 Å². The zero-order valence-corrected chi connectivity index (χ0v) is 14.9. The van der Waals surface area contributed by atoms with E-state index in [1.54, 1.807) is 10.9 Å². The number of fused-ring (bicyclic) bond motifs is 1. The van der Waals surface area contributed by atoms with Gasteiger partial charge in [-0.3, -0.25) is 9.58 Å². The lowest BCUT2D eigenvalue weighted by Crippen LogP contribution is -2.37. The molecule has 1 aliphatic rings. The Morgan fingerprint density at radius 1 is 1.24 bits per heavy atom. The van der Waals surface area contributed by atoms with Gasteiger partial charge in [0.05, 0.1) is 12.7 Å². The molecule has 1 atom stereocenters. The van der Waals surface area contributed by atoms with Crippen molar-refractivity contribution in [2.45, 2.75) is 26.1 Å². The Kier molecular flexibility index (Phi) is 4.05. The maximum Gasteiger partial charge on any atom is 0.151 e. The standard InChI is InChI=1S/C19H23N5O/c1-14-10-22(2)19-7-5-4-6-15(19)12-24(14)13-17-8-18(21-25-17)16-9-20-23(3)11-16/h4-9,11,14H,10,12-13H2,1-3H3/t14-/m1/s1. The first-order chi connectivity index (χ1) is 12.1. The average molecular weight is 337 g/mol. The van der Waals surface area contributed by atoms with Crippen LogP contribution >= 0.6 is 0 Å². The van der Waals surface area contributed by atoms with E-state index in [1.165, 1.54) is 11.3 Å². The molecule has 0 aliphatic carbocycles. The molecule has 3 aromatic rings. The number of rotatable bonds is 3. The van der Waals surface area contributed by atoms with Crippen LogP contribution in [0.3, 0.4) is 0 Å². The highest BCUT2D eigenvalue weighted by Gasteiger charge is 2.24. The first kappa shape index (κ1) is 15.9.